The molecule has 0 aliphatic rings. The Labute approximate surface area is 177 Å². The van der Waals surface area contributed by atoms with Gasteiger partial charge in [-0.05, 0) is 60.7 Å². The summed E-state index contributed by atoms with van der Waals surface area (Å²) in [5.41, 5.74) is -0.206. The molecule has 2 heterocycles. The van der Waals surface area contributed by atoms with Crippen molar-refractivity contribution in [3.63, 3.8) is 0 Å². The van der Waals surface area contributed by atoms with Gasteiger partial charge in [0.15, 0.2) is 17.5 Å². The Morgan fingerprint density at radius 1 is 0.900 bits per heavy atom. The average Bonchev–Trinajstić information content (AvgIpc) is 3.15. The van der Waals surface area contributed by atoms with Crippen molar-refractivity contribution in [1.82, 2.24) is 4.40 Å². The van der Waals surface area contributed by atoms with Gasteiger partial charge in [-0.3, -0.25) is 4.79 Å². The Morgan fingerprint density at radius 3 is 2.17 bits per heavy atom. The van der Waals surface area contributed by atoms with Crippen LogP contribution in [0.4, 0.5) is 13.2 Å². The lowest BCUT2D eigenvalue weighted by Gasteiger charge is -2.09. The molecule has 0 fully saturated rings. The molecule has 0 radical (unpaired) electrons. The first-order valence-electron chi connectivity index (χ1n) is 8.50. The van der Waals surface area contributed by atoms with Gasteiger partial charge < -0.3 is 4.40 Å². The van der Waals surface area contributed by atoms with Gasteiger partial charge in [-0.2, -0.15) is 0 Å². The van der Waals surface area contributed by atoms with Crippen LogP contribution in [0.25, 0.3) is 5.52 Å². The van der Waals surface area contributed by atoms with Gasteiger partial charge in [-0.25, -0.2) is 21.6 Å². The van der Waals surface area contributed by atoms with Crippen LogP contribution < -0.4 is 0 Å². The number of aromatic nitrogens is 1. The molecule has 0 N–H and O–H groups in total. The minimum atomic E-state index is -3.90. The third-order valence-electron chi connectivity index (χ3n) is 4.55. The molecular weight excluding hydrogens is 483 g/mol. The first-order valence-corrected chi connectivity index (χ1v) is 10.8. The largest absolute Gasteiger partial charge is 0.312 e. The minimum absolute atomic E-state index is 0.0248. The van der Waals surface area contributed by atoms with Crippen LogP contribution in [0, 0.1) is 17.5 Å². The Bertz CT molecular complexity index is 1390. The van der Waals surface area contributed by atoms with Gasteiger partial charge in [-0.1, -0.05) is 15.9 Å². The minimum Gasteiger partial charge on any atom is -0.312 e. The molecule has 9 heteroatoms. The van der Waals surface area contributed by atoms with E-state index in [1.165, 1.54) is 47.0 Å². The Morgan fingerprint density at radius 2 is 1.53 bits per heavy atom. The number of sulfone groups is 1. The van der Waals surface area contributed by atoms with Gasteiger partial charge >= 0.3 is 0 Å². The van der Waals surface area contributed by atoms with E-state index in [-0.39, 0.29) is 21.0 Å². The highest BCUT2D eigenvalue weighted by atomic mass is 79.9. The van der Waals surface area contributed by atoms with E-state index in [1.54, 1.807) is 12.1 Å². The molecule has 0 amide bonds. The third kappa shape index (κ3) is 3.33. The smallest absolute Gasteiger partial charge is 0.209 e. The number of benzene rings is 2. The molecule has 152 valence electrons. The lowest BCUT2D eigenvalue weighted by Crippen LogP contribution is -2.09. The van der Waals surface area contributed by atoms with E-state index in [0.29, 0.717) is 16.6 Å². The second-order valence-corrected chi connectivity index (χ2v) is 9.22. The first-order chi connectivity index (χ1) is 14.2. The standard InChI is InChI=1S/C21H11BrF3NO3S/c22-13-3-5-14(6-4-13)30(28,29)19-2-1-9-26-17(19)7-8-18(26)21(27)12-10-15(23)20(25)16(24)11-12/h1-11H. The highest BCUT2D eigenvalue weighted by Crippen LogP contribution is 2.28. The van der Waals surface area contributed by atoms with Crippen LogP contribution >= 0.6 is 15.9 Å². The molecule has 4 rings (SSSR count). The highest BCUT2D eigenvalue weighted by molar-refractivity contribution is 9.10. The fourth-order valence-corrected chi connectivity index (χ4v) is 4.81. The normalized spacial score (nSPS) is 11.7. The summed E-state index contributed by atoms with van der Waals surface area (Å²) in [5.74, 6) is -5.43. The summed E-state index contributed by atoms with van der Waals surface area (Å²) in [6, 6.07) is 12.9. The number of carbonyl (C=O) groups is 1. The second kappa shape index (κ2) is 7.41. The first kappa shape index (κ1) is 20.4. The molecule has 0 aliphatic heterocycles. The fraction of sp³-hybridized carbons (Fsp3) is 0. The van der Waals surface area contributed by atoms with Crippen LogP contribution in [0.2, 0.25) is 0 Å². The van der Waals surface area contributed by atoms with Gasteiger partial charge in [0.2, 0.25) is 15.6 Å². The zero-order valence-corrected chi connectivity index (χ0v) is 17.3. The molecule has 0 unspecified atom stereocenters. The second-order valence-electron chi connectivity index (χ2n) is 6.39. The number of halogens is 4. The molecule has 2 aromatic carbocycles. The van der Waals surface area contributed by atoms with Gasteiger partial charge in [0.1, 0.15) is 0 Å². The number of fused-ring (bicyclic) bond motifs is 1. The van der Waals surface area contributed by atoms with Crippen LogP contribution in [0.1, 0.15) is 16.1 Å². The predicted molar refractivity (Wildman–Crippen MR) is 107 cm³/mol. The van der Waals surface area contributed by atoms with E-state index >= 15 is 0 Å². The molecule has 0 saturated carbocycles. The topological polar surface area (TPSA) is 55.6 Å². The van der Waals surface area contributed by atoms with Crippen molar-refractivity contribution >= 4 is 37.1 Å². The maximum Gasteiger partial charge on any atom is 0.209 e. The van der Waals surface area contributed by atoms with Crippen LogP contribution in [0.15, 0.2) is 81.1 Å². The molecular formula is C21H11BrF3NO3S. The van der Waals surface area contributed by atoms with Gasteiger partial charge in [0.25, 0.3) is 0 Å². The number of rotatable bonds is 4. The molecule has 30 heavy (non-hydrogen) atoms. The molecule has 2 aromatic heterocycles. The predicted octanol–water partition coefficient (Wildman–Crippen LogP) is 5.18. The molecule has 0 aliphatic carbocycles. The molecule has 0 atom stereocenters. The van der Waals surface area contributed by atoms with Crippen molar-refractivity contribution in [2.24, 2.45) is 0 Å². The summed E-state index contributed by atoms with van der Waals surface area (Å²) in [6.45, 7) is 0. The quantitative estimate of drug-likeness (QED) is 0.290. The van der Waals surface area contributed by atoms with Gasteiger partial charge in [0, 0.05) is 16.2 Å². The van der Waals surface area contributed by atoms with E-state index in [2.05, 4.69) is 15.9 Å². The lowest BCUT2D eigenvalue weighted by molar-refractivity contribution is 0.103. The van der Waals surface area contributed by atoms with Gasteiger partial charge in [-0.15, -0.1) is 0 Å². The van der Waals surface area contributed by atoms with Crippen molar-refractivity contribution in [2.75, 3.05) is 0 Å². The highest BCUT2D eigenvalue weighted by Gasteiger charge is 2.24. The van der Waals surface area contributed by atoms with Crippen molar-refractivity contribution < 1.29 is 26.4 Å². The molecule has 0 bridgehead atoms. The fourth-order valence-electron chi connectivity index (χ4n) is 3.10. The number of hydrogen-bond donors (Lipinski definition) is 0. The van der Waals surface area contributed by atoms with E-state index in [4.69, 9.17) is 0 Å². The van der Waals surface area contributed by atoms with E-state index in [1.807, 2.05) is 0 Å². The van der Waals surface area contributed by atoms with Crippen LogP contribution in [0.5, 0.6) is 0 Å². The van der Waals surface area contributed by atoms with Crippen LogP contribution in [-0.4, -0.2) is 18.6 Å². The summed E-state index contributed by atoms with van der Waals surface area (Å²) in [7, 11) is -3.90. The number of pyridine rings is 1. The zero-order valence-electron chi connectivity index (χ0n) is 14.9. The number of nitrogens with zero attached hydrogens (tertiary/aromatic N) is 1. The summed E-state index contributed by atoms with van der Waals surface area (Å²) in [5, 5.41) is 0. The maximum atomic E-state index is 13.5. The van der Waals surface area contributed by atoms with E-state index in [9.17, 15) is 26.4 Å². The lowest BCUT2D eigenvalue weighted by atomic mass is 10.1. The Kier molecular flexibility index (Phi) is 5.03. The molecule has 4 nitrogen and oxygen atoms in total. The van der Waals surface area contributed by atoms with Crippen molar-refractivity contribution in [3.05, 3.63) is 100 Å². The molecule has 4 aromatic rings. The monoisotopic (exact) mass is 493 g/mol. The van der Waals surface area contributed by atoms with Crippen LogP contribution in [-0.2, 0) is 9.84 Å². The molecule has 0 spiro atoms. The Hall–Kier alpha value is -2.91. The number of hydrogen-bond acceptors (Lipinski definition) is 3. The SMILES string of the molecule is O=C(c1cc(F)c(F)c(F)c1)c1ccc2c(S(=O)(=O)c3ccc(Br)cc3)cccn12. The Balaban J connectivity index is 1.85. The van der Waals surface area contributed by atoms with E-state index in [0.717, 1.165) is 0 Å². The zero-order chi connectivity index (χ0) is 21.6. The average molecular weight is 494 g/mol. The van der Waals surface area contributed by atoms with Crippen LogP contribution in [0.3, 0.4) is 0 Å². The van der Waals surface area contributed by atoms with Crippen molar-refractivity contribution in [2.45, 2.75) is 9.79 Å². The maximum absolute atomic E-state index is 13.5. The summed E-state index contributed by atoms with van der Waals surface area (Å²) in [6.07, 6.45) is 1.46. The summed E-state index contributed by atoms with van der Waals surface area (Å²) in [4.78, 5) is 12.8. The van der Waals surface area contributed by atoms with Crippen molar-refractivity contribution in [3.8, 4) is 0 Å². The summed E-state index contributed by atoms with van der Waals surface area (Å²) < 4.78 is 68.5. The summed E-state index contributed by atoms with van der Waals surface area (Å²) >= 11 is 3.25. The number of carbonyl (C=O) groups excluding carboxylic acids is 1. The third-order valence-corrected chi connectivity index (χ3v) is 6.89. The van der Waals surface area contributed by atoms with E-state index < -0.39 is 38.6 Å². The number of ketones is 1. The van der Waals surface area contributed by atoms with Gasteiger partial charge in [0.05, 0.1) is 21.0 Å². The van der Waals surface area contributed by atoms with Crippen molar-refractivity contribution in [1.29, 1.82) is 0 Å². The molecule has 0 saturated heterocycles.